The predicted octanol–water partition coefficient (Wildman–Crippen LogP) is 3.40. The second kappa shape index (κ2) is 9.04. The minimum absolute atomic E-state index is 0.123. The summed E-state index contributed by atoms with van der Waals surface area (Å²) in [6.07, 6.45) is 4.76. The summed E-state index contributed by atoms with van der Waals surface area (Å²) in [6, 6.07) is 8.51. The number of aliphatic carboxylic acids is 1. The first-order valence-electron chi connectivity index (χ1n) is 9.85. The smallest absolute Gasteiger partial charge is 0.317 e. The van der Waals surface area contributed by atoms with E-state index in [0.717, 1.165) is 55.5 Å². The molecule has 1 N–H and O–H groups in total. The summed E-state index contributed by atoms with van der Waals surface area (Å²) < 4.78 is 5.87. The molecule has 3 rings (SSSR count). The molecule has 2 aromatic rings. The van der Waals surface area contributed by atoms with Crippen LogP contribution >= 0.6 is 0 Å². The van der Waals surface area contributed by atoms with Crippen LogP contribution in [0.3, 0.4) is 0 Å². The molecule has 0 bridgehead atoms. The molecule has 1 fully saturated rings. The van der Waals surface area contributed by atoms with Crippen LogP contribution in [0.2, 0.25) is 0 Å². The highest BCUT2D eigenvalue weighted by Crippen LogP contribution is 2.33. The summed E-state index contributed by atoms with van der Waals surface area (Å²) in [5.74, 6) is 0.0868. The van der Waals surface area contributed by atoms with Gasteiger partial charge in [-0.05, 0) is 37.9 Å². The number of benzene rings is 1. The van der Waals surface area contributed by atoms with Gasteiger partial charge in [0.05, 0.1) is 13.2 Å². The SMILES string of the molecule is CCCOc1cccc2c(N3CCC(N(CC)CC(=O)O)CC3)ccnc12. The molecule has 1 aromatic carbocycles. The molecule has 1 aliphatic heterocycles. The zero-order valence-corrected chi connectivity index (χ0v) is 16.2. The van der Waals surface area contributed by atoms with E-state index >= 15 is 0 Å². The van der Waals surface area contributed by atoms with Gasteiger partial charge in [-0.1, -0.05) is 26.0 Å². The number of hydrogen-bond acceptors (Lipinski definition) is 5. The van der Waals surface area contributed by atoms with Gasteiger partial charge in [0.15, 0.2) is 0 Å². The van der Waals surface area contributed by atoms with Crippen LogP contribution in [0, 0.1) is 0 Å². The van der Waals surface area contributed by atoms with Gasteiger partial charge >= 0.3 is 5.97 Å². The first kappa shape index (κ1) is 19.4. The van der Waals surface area contributed by atoms with E-state index in [1.165, 1.54) is 5.69 Å². The van der Waals surface area contributed by atoms with E-state index in [-0.39, 0.29) is 6.54 Å². The van der Waals surface area contributed by atoms with Crippen molar-refractivity contribution in [2.24, 2.45) is 0 Å². The lowest BCUT2D eigenvalue weighted by molar-refractivity contribution is -0.139. The zero-order valence-electron chi connectivity index (χ0n) is 16.2. The number of hydrogen-bond donors (Lipinski definition) is 1. The Labute approximate surface area is 160 Å². The molecule has 1 aliphatic rings. The lowest BCUT2D eigenvalue weighted by Gasteiger charge is -2.38. The van der Waals surface area contributed by atoms with Crippen LogP contribution in [0.5, 0.6) is 5.75 Å². The largest absolute Gasteiger partial charge is 0.491 e. The second-order valence-electron chi connectivity index (χ2n) is 7.01. The predicted molar refractivity (Wildman–Crippen MR) is 108 cm³/mol. The van der Waals surface area contributed by atoms with E-state index in [2.05, 4.69) is 33.8 Å². The van der Waals surface area contributed by atoms with Gasteiger partial charge < -0.3 is 14.7 Å². The van der Waals surface area contributed by atoms with E-state index in [1.807, 2.05) is 25.3 Å². The average molecular weight is 371 g/mol. The molecule has 6 nitrogen and oxygen atoms in total. The number of anilines is 1. The normalized spacial score (nSPS) is 15.4. The summed E-state index contributed by atoms with van der Waals surface area (Å²) >= 11 is 0. The Morgan fingerprint density at radius 2 is 2.07 bits per heavy atom. The molecule has 6 heteroatoms. The van der Waals surface area contributed by atoms with Crippen molar-refractivity contribution in [2.75, 3.05) is 37.7 Å². The third kappa shape index (κ3) is 4.50. The van der Waals surface area contributed by atoms with Crippen LogP contribution in [0.4, 0.5) is 5.69 Å². The van der Waals surface area contributed by atoms with Gasteiger partial charge in [-0.3, -0.25) is 14.7 Å². The lowest BCUT2D eigenvalue weighted by atomic mass is 10.0. The molecule has 0 amide bonds. The molecule has 0 atom stereocenters. The van der Waals surface area contributed by atoms with E-state index in [1.54, 1.807) is 0 Å². The maximum absolute atomic E-state index is 11.1. The van der Waals surface area contributed by atoms with Gasteiger partial charge in [-0.25, -0.2) is 0 Å². The Bertz CT molecular complexity index is 772. The summed E-state index contributed by atoms with van der Waals surface area (Å²) in [7, 11) is 0. The summed E-state index contributed by atoms with van der Waals surface area (Å²) in [6.45, 7) is 7.54. The Kier molecular flexibility index (Phi) is 6.50. The fraction of sp³-hybridized carbons (Fsp3) is 0.524. The van der Waals surface area contributed by atoms with Crippen LogP contribution in [-0.4, -0.2) is 59.8 Å². The van der Waals surface area contributed by atoms with Crippen LogP contribution in [0.15, 0.2) is 30.5 Å². The zero-order chi connectivity index (χ0) is 19.2. The first-order valence-corrected chi connectivity index (χ1v) is 9.85. The highest BCUT2D eigenvalue weighted by Gasteiger charge is 2.26. The number of pyridine rings is 1. The van der Waals surface area contributed by atoms with E-state index in [9.17, 15) is 4.79 Å². The van der Waals surface area contributed by atoms with Gasteiger partial charge in [0.25, 0.3) is 0 Å². The van der Waals surface area contributed by atoms with Crippen LogP contribution in [0.1, 0.15) is 33.1 Å². The van der Waals surface area contributed by atoms with Gasteiger partial charge in [0.1, 0.15) is 11.3 Å². The van der Waals surface area contributed by atoms with Gasteiger partial charge in [0, 0.05) is 36.4 Å². The van der Waals surface area contributed by atoms with Gasteiger partial charge in [-0.2, -0.15) is 0 Å². The number of aromatic nitrogens is 1. The molecule has 2 heterocycles. The maximum Gasteiger partial charge on any atom is 0.317 e. The highest BCUT2D eigenvalue weighted by molar-refractivity contribution is 5.95. The van der Waals surface area contributed by atoms with Crippen LogP contribution in [-0.2, 0) is 4.79 Å². The summed E-state index contributed by atoms with van der Waals surface area (Å²) in [4.78, 5) is 20.1. The average Bonchev–Trinajstić information content (AvgIpc) is 2.70. The van der Waals surface area contributed by atoms with Gasteiger partial charge in [0.2, 0.25) is 0 Å². The molecule has 0 radical (unpaired) electrons. The number of fused-ring (bicyclic) bond motifs is 1. The number of rotatable bonds is 8. The summed E-state index contributed by atoms with van der Waals surface area (Å²) in [5, 5.41) is 10.2. The van der Waals surface area contributed by atoms with E-state index in [4.69, 9.17) is 9.84 Å². The van der Waals surface area contributed by atoms with Crippen molar-refractivity contribution in [2.45, 2.75) is 39.2 Å². The number of carboxylic acid groups (broad SMARTS) is 1. The highest BCUT2D eigenvalue weighted by atomic mass is 16.5. The standard InChI is InChI=1S/C21H29N3O3/c1-3-14-27-19-7-5-6-17-18(8-11-22-21(17)19)24-12-9-16(10-13-24)23(4-2)15-20(25)26/h5-8,11,16H,3-4,9-10,12-15H2,1-2H3,(H,25,26). The van der Waals surface area contributed by atoms with Crippen molar-refractivity contribution < 1.29 is 14.6 Å². The molecule has 146 valence electrons. The Morgan fingerprint density at radius 3 is 2.74 bits per heavy atom. The first-order chi connectivity index (χ1) is 13.1. The fourth-order valence-electron chi connectivity index (χ4n) is 3.88. The van der Waals surface area contributed by atoms with E-state index < -0.39 is 5.97 Å². The number of nitrogens with zero attached hydrogens (tertiary/aromatic N) is 3. The Morgan fingerprint density at radius 1 is 1.30 bits per heavy atom. The quantitative estimate of drug-likeness (QED) is 0.767. The van der Waals surface area contributed by atoms with Crippen molar-refractivity contribution in [3.8, 4) is 5.75 Å². The van der Waals surface area contributed by atoms with Crippen molar-refractivity contribution in [3.63, 3.8) is 0 Å². The third-order valence-corrected chi connectivity index (χ3v) is 5.24. The monoisotopic (exact) mass is 371 g/mol. The van der Waals surface area contributed by atoms with E-state index in [0.29, 0.717) is 12.6 Å². The molecule has 0 aliphatic carbocycles. The number of piperidine rings is 1. The minimum atomic E-state index is -0.751. The fourth-order valence-corrected chi connectivity index (χ4v) is 3.88. The molecule has 1 saturated heterocycles. The molecule has 1 aromatic heterocycles. The van der Waals surface area contributed by atoms with Crippen LogP contribution in [0.25, 0.3) is 10.9 Å². The van der Waals surface area contributed by atoms with Crippen molar-refractivity contribution in [3.05, 3.63) is 30.5 Å². The summed E-state index contributed by atoms with van der Waals surface area (Å²) in [5.41, 5.74) is 2.09. The molecule has 27 heavy (non-hydrogen) atoms. The molecular weight excluding hydrogens is 342 g/mol. The number of carbonyl (C=O) groups is 1. The number of likely N-dealkylation sites (N-methyl/N-ethyl adjacent to an activating group) is 1. The van der Waals surface area contributed by atoms with Crippen LogP contribution < -0.4 is 9.64 Å². The molecular formula is C21H29N3O3. The number of carboxylic acids is 1. The number of para-hydroxylation sites is 1. The molecule has 0 saturated carbocycles. The molecule has 0 spiro atoms. The van der Waals surface area contributed by atoms with Crippen molar-refractivity contribution >= 4 is 22.6 Å². The number of ether oxygens (including phenoxy) is 1. The topological polar surface area (TPSA) is 65.9 Å². The van der Waals surface area contributed by atoms with Gasteiger partial charge in [-0.15, -0.1) is 0 Å². The molecule has 0 unspecified atom stereocenters. The Balaban J connectivity index is 1.76. The lowest BCUT2D eigenvalue weighted by Crippen LogP contribution is -2.46. The Hall–Kier alpha value is -2.34. The van der Waals surface area contributed by atoms with Crippen molar-refractivity contribution in [1.82, 2.24) is 9.88 Å². The van der Waals surface area contributed by atoms with Crippen molar-refractivity contribution in [1.29, 1.82) is 0 Å². The second-order valence-corrected chi connectivity index (χ2v) is 7.01. The third-order valence-electron chi connectivity index (χ3n) is 5.24. The maximum atomic E-state index is 11.1. The minimum Gasteiger partial charge on any atom is -0.491 e.